The van der Waals surface area contributed by atoms with Gasteiger partial charge in [-0.15, -0.1) is 0 Å². The minimum Gasteiger partial charge on any atom is -0.350 e. The molecular weight excluding hydrogens is 366 g/mol. The van der Waals surface area contributed by atoms with Gasteiger partial charge in [0, 0.05) is 19.6 Å². The van der Waals surface area contributed by atoms with Crippen LogP contribution in [0.1, 0.15) is 31.2 Å². The predicted molar refractivity (Wildman–Crippen MR) is 113 cm³/mol. The fourth-order valence-corrected chi connectivity index (χ4v) is 3.95. The lowest BCUT2D eigenvalue weighted by molar-refractivity contribution is -0.122. The molecule has 1 fully saturated rings. The predicted octanol–water partition coefficient (Wildman–Crippen LogP) is 2.41. The van der Waals surface area contributed by atoms with Crippen molar-refractivity contribution in [2.24, 2.45) is 0 Å². The van der Waals surface area contributed by atoms with E-state index < -0.39 is 0 Å². The standard InChI is InChI=1S/C22H25N5O2/c1-3-26-15(2)24-17-11-12-19(25-20(17)22(26)29)27-13-7-10-18(27)21(28)23-14-16-8-5-4-6-9-16/h4-6,8-9,11-12,18H,3,7,10,13-14H2,1-2H3,(H,23,28). The van der Waals surface area contributed by atoms with E-state index in [1.165, 1.54) is 0 Å². The summed E-state index contributed by atoms with van der Waals surface area (Å²) in [6, 6.07) is 13.3. The van der Waals surface area contributed by atoms with Crippen LogP contribution < -0.4 is 15.8 Å². The maximum atomic E-state index is 12.8. The molecule has 7 heteroatoms. The van der Waals surface area contributed by atoms with E-state index in [1.54, 1.807) is 4.57 Å². The number of nitrogens with one attached hydrogen (secondary N) is 1. The van der Waals surface area contributed by atoms with Crippen LogP contribution in [0.4, 0.5) is 5.82 Å². The molecule has 1 unspecified atom stereocenters. The summed E-state index contributed by atoms with van der Waals surface area (Å²) in [5.41, 5.74) is 1.87. The quantitative estimate of drug-likeness (QED) is 0.722. The van der Waals surface area contributed by atoms with Gasteiger partial charge in [-0.05, 0) is 44.4 Å². The molecule has 1 atom stereocenters. The summed E-state index contributed by atoms with van der Waals surface area (Å²) in [4.78, 5) is 36.7. The normalized spacial score (nSPS) is 16.3. The number of nitrogens with zero attached hydrogens (tertiary/aromatic N) is 4. The fourth-order valence-electron chi connectivity index (χ4n) is 3.95. The highest BCUT2D eigenvalue weighted by atomic mass is 16.2. The Morgan fingerprint density at radius 3 is 2.72 bits per heavy atom. The van der Waals surface area contributed by atoms with Crippen LogP contribution in [-0.4, -0.2) is 33.0 Å². The van der Waals surface area contributed by atoms with Gasteiger partial charge in [0.15, 0.2) is 5.52 Å². The lowest BCUT2D eigenvalue weighted by Crippen LogP contribution is -2.43. The van der Waals surface area contributed by atoms with Gasteiger partial charge in [0.2, 0.25) is 5.91 Å². The highest BCUT2D eigenvalue weighted by Crippen LogP contribution is 2.25. The zero-order chi connectivity index (χ0) is 20.4. The number of amides is 1. The molecule has 1 saturated heterocycles. The SMILES string of the molecule is CCn1c(C)nc2ccc(N3CCCC3C(=O)NCc3ccccc3)nc2c1=O. The Hall–Kier alpha value is -3.22. The zero-order valence-corrected chi connectivity index (χ0v) is 16.8. The Morgan fingerprint density at radius 2 is 1.97 bits per heavy atom. The summed E-state index contributed by atoms with van der Waals surface area (Å²) >= 11 is 0. The third kappa shape index (κ3) is 3.72. The second-order valence-electron chi connectivity index (χ2n) is 7.30. The average molecular weight is 391 g/mol. The van der Waals surface area contributed by atoms with Gasteiger partial charge in [-0.3, -0.25) is 14.2 Å². The summed E-state index contributed by atoms with van der Waals surface area (Å²) in [6.07, 6.45) is 1.68. The highest BCUT2D eigenvalue weighted by Gasteiger charge is 2.31. The summed E-state index contributed by atoms with van der Waals surface area (Å²) in [5, 5.41) is 3.03. The molecule has 0 radical (unpaired) electrons. The number of hydrogen-bond donors (Lipinski definition) is 1. The molecule has 1 aliphatic heterocycles. The van der Waals surface area contributed by atoms with Crippen molar-refractivity contribution in [3.8, 4) is 0 Å². The summed E-state index contributed by atoms with van der Waals surface area (Å²) in [6.45, 7) is 5.53. The number of rotatable bonds is 5. The zero-order valence-electron chi connectivity index (χ0n) is 16.8. The Bertz CT molecular complexity index is 1090. The monoisotopic (exact) mass is 391 g/mol. The van der Waals surface area contributed by atoms with Gasteiger partial charge in [0.05, 0.1) is 5.52 Å². The molecule has 0 saturated carbocycles. The van der Waals surface area contributed by atoms with E-state index in [4.69, 9.17) is 0 Å². The first kappa shape index (κ1) is 19.1. The van der Waals surface area contributed by atoms with E-state index in [2.05, 4.69) is 15.3 Å². The number of anilines is 1. The number of benzene rings is 1. The molecule has 3 aromatic rings. The Labute approximate surface area is 169 Å². The second-order valence-corrected chi connectivity index (χ2v) is 7.30. The fraction of sp³-hybridized carbons (Fsp3) is 0.364. The van der Waals surface area contributed by atoms with Gasteiger partial charge in [-0.25, -0.2) is 9.97 Å². The van der Waals surface area contributed by atoms with Gasteiger partial charge >= 0.3 is 0 Å². The summed E-state index contributed by atoms with van der Waals surface area (Å²) < 4.78 is 1.62. The summed E-state index contributed by atoms with van der Waals surface area (Å²) in [5.74, 6) is 1.32. The molecule has 0 aliphatic carbocycles. The van der Waals surface area contributed by atoms with Crippen molar-refractivity contribution in [2.75, 3.05) is 11.4 Å². The van der Waals surface area contributed by atoms with Gasteiger partial charge in [0.25, 0.3) is 5.56 Å². The highest BCUT2D eigenvalue weighted by molar-refractivity contribution is 5.86. The molecule has 1 aliphatic rings. The molecule has 3 heterocycles. The number of fused-ring (bicyclic) bond motifs is 1. The van der Waals surface area contributed by atoms with Crippen LogP contribution in [0.2, 0.25) is 0 Å². The minimum absolute atomic E-state index is 0.0127. The smallest absolute Gasteiger partial charge is 0.280 e. The van der Waals surface area contributed by atoms with E-state index >= 15 is 0 Å². The van der Waals surface area contributed by atoms with Gasteiger partial charge in [0.1, 0.15) is 17.7 Å². The van der Waals surface area contributed by atoms with E-state index in [0.717, 1.165) is 24.9 Å². The molecule has 0 bridgehead atoms. The largest absolute Gasteiger partial charge is 0.350 e. The molecule has 1 N–H and O–H groups in total. The Kier molecular flexibility index (Phi) is 5.29. The first-order chi connectivity index (χ1) is 14.1. The molecule has 4 rings (SSSR count). The van der Waals surface area contributed by atoms with Gasteiger partial charge < -0.3 is 10.2 Å². The van der Waals surface area contributed by atoms with Crippen molar-refractivity contribution >= 4 is 22.8 Å². The molecule has 1 aromatic carbocycles. The lowest BCUT2D eigenvalue weighted by atomic mass is 10.2. The second kappa shape index (κ2) is 8.03. The van der Waals surface area contributed by atoms with Crippen LogP contribution in [-0.2, 0) is 17.9 Å². The van der Waals surface area contributed by atoms with Crippen LogP contribution in [0, 0.1) is 6.92 Å². The third-order valence-corrected chi connectivity index (χ3v) is 5.46. The van der Waals surface area contributed by atoms with Crippen molar-refractivity contribution in [2.45, 2.75) is 45.8 Å². The third-order valence-electron chi connectivity index (χ3n) is 5.46. The molecular formula is C22H25N5O2. The van der Waals surface area contributed by atoms with Gasteiger partial charge in [-0.2, -0.15) is 0 Å². The number of aryl methyl sites for hydroxylation is 1. The number of carbonyl (C=O) groups is 1. The Morgan fingerprint density at radius 1 is 1.17 bits per heavy atom. The van der Waals surface area contributed by atoms with Crippen LogP contribution in [0.5, 0.6) is 0 Å². The maximum absolute atomic E-state index is 12.8. The first-order valence-electron chi connectivity index (χ1n) is 10.0. The van der Waals surface area contributed by atoms with Crippen molar-refractivity contribution in [1.82, 2.24) is 19.9 Å². The van der Waals surface area contributed by atoms with Gasteiger partial charge in [-0.1, -0.05) is 30.3 Å². The van der Waals surface area contributed by atoms with E-state index in [-0.39, 0.29) is 17.5 Å². The van der Waals surface area contributed by atoms with E-state index in [9.17, 15) is 9.59 Å². The van der Waals surface area contributed by atoms with Crippen LogP contribution in [0.15, 0.2) is 47.3 Å². The molecule has 29 heavy (non-hydrogen) atoms. The number of pyridine rings is 1. The van der Waals surface area contributed by atoms with E-state index in [0.29, 0.717) is 35.8 Å². The lowest BCUT2D eigenvalue weighted by Gasteiger charge is -2.25. The van der Waals surface area contributed by atoms with Crippen molar-refractivity contribution in [1.29, 1.82) is 0 Å². The number of carbonyl (C=O) groups excluding carboxylic acids is 1. The van der Waals surface area contributed by atoms with Crippen molar-refractivity contribution in [3.05, 3.63) is 64.2 Å². The summed E-state index contributed by atoms with van der Waals surface area (Å²) in [7, 11) is 0. The molecule has 0 spiro atoms. The van der Waals surface area contributed by atoms with Crippen molar-refractivity contribution < 1.29 is 4.79 Å². The van der Waals surface area contributed by atoms with Crippen LogP contribution in [0.3, 0.4) is 0 Å². The first-order valence-corrected chi connectivity index (χ1v) is 10.0. The molecule has 2 aromatic heterocycles. The van der Waals surface area contributed by atoms with Crippen LogP contribution >= 0.6 is 0 Å². The minimum atomic E-state index is -0.282. The molecule has 1 amide bonds. The van der Waals surface area contributed by atoms with Crippen molar-refractivity contribution in [3.63, 3.8) is 0 Å². The number of hydrogen-bond acceptors (Lipinski definition) is 5. The van der Waals surface area contributed by atoms with E-state index in [1.807, 2.05) is 61.2 Å². The number of aromatic nitrogens is 3. The van der Waals surface area contributed by atoms with Crippen LogP contribution in [0.25, 0.3) is 11.0 Å². The average Bonchev–Trinajstić information content (AvgIpc) is 3.23. The Balaban J connectivity index is 1.58. The molecule has 150 valence electrons. The topological polar surface area (TPSA) is 80.1 Å². The molecule has 7 nitrogen and oxygen atoms in total. The maximum Gasteiger partial charge on any atom is 0.280 e.